The van der Waals surface area contributed by atoms with E-state index in [0.717, 1.165) is 62.2 Å². The van der Waals surface area contributed by atoms with E-state index < -0.39 is 0 Å². The molecule has 1 aromatic rings. The number of aliphatic imine (C=N–C) groups is 1. The summed E-state index contributed by atoms with van der Waals surface area (Å²) in [6.07, 6.45) is 3.25. The van der Waals surface area contributed by atoms with Gasteiger partial charge in [-0.25, -0.2) is 4.99 Å². The molecule has 0 saturated carbocycles. The fourth-order valence-corrected chi connectivity index (χ4v) is 2.31. The maximum Gasteiger partial charge on any atom is 0.191 e. The van der Waals surface area contributed by atoms with Gasteiger partial charge in [-0.1, -0.05) is 25.5 Å². The van der Waals surface area contributed by atoms with Crippen LogP contribution in [0.15, 0.2) is 23.2 Å². The Hall–Kier alpha value is -1.22. The first-order chi connectivity index (χ1) is 12.3. The van der Waals surface area contributed by atoms with Gasteiger partial charge in [0.05, 0.1) is 20.8 Å². The van der Waals surface area contributed by atoms with Crippen molar-refractivity contribution in [2.24, 2.45) is 4.99 Å². The van der Waals surface area contributed by atoms with Crippen molar-refractivity contribution in [3.05, 3.63) is 23.8 Å². The zero-order valence-electron chi connectivity index (χ0n) is 16.5. The number of ether oxygens (including phenoxy) is 3. The smallest absolute Gasteiger partial charge is 0.191 e. The van der Waals surface area contributed by atoms with E-state index in [1.165, 1.54) is 6.42 Å². The molecule has 0 atom stereocenters. The molecule has 0 aromatic heterocycles. The van der Waals surface area contributed by atoms with Gasteiger partial charge in [-0.3, -0.25) is 0 Å². The van der Waals surface area contributed by atoms with E-state index in [4.69, 9.17) is 14.2 Å². The second-order valence-electron chi connectivity index (χ2n) is 5.59. The lowest BCUT2D eigenvalue weighted by Crippen LogP contribution is -2.38. The van der Waals surface area contributed by atoms with E-state index in [1.54, 1.807) is 14.2 Å². The molecule has 7 heteroatoms. The summed E-state index contributed by atoms with van der Waals surface area (Å²) in [5.41, 5.74) is 0.988. The monoisotopic (exact) mass is 479 g/mol. The van der Waals surface area contributed by atoms with Gasteiger partial charge < -0.3 is 24.8 Å². The molecule has 2 N–H and O–H groups in total. The third-order valence-electron chi connectivity index (χ3n) is 3.64. The number of unbranched alkanes of at least 4 members (excludes halogenated alkanes) is 1. The van der Waals surface area contributed by atoms with Crippen molar-refractivity contribution in [1.29, 1.82) is 0 Å². The Morgan fingerprint density at radius 2 is 1.81 bits per heavy atom. The van der Waals surface area contributed by atoms with E-state index in [-0.39, 0.29) is 24.0 Å². The topological polar surface area (TPSA) is 64.1 Å². The Bertz CT molecular complexity index is 513. The first-order valence-electron chi connectivity index (χ1n) is 9.06. The average Bonchev–Trinajstić information content (AvgIpc) is 2.64. The van der Waals surface area contributed by atoms with Crippen LogP contribution in [0.5, 0.6) is 11.5 Å². The average molecular weight is 479 g/mol. The molecule has 0 saturated heterocycles. The molecule has 0 aliphatic heterocycles. The largest absolute Gasteiger partial charge is 0.493 e. The Balaban J connectivity index is 0.00000625. The zero-order chi connectivity index (χ0) is 18.3. The molecule has 0 fully saturated rings. The highest BCUT2D eigenvalue weighted by molar-refractivity contribution is 14.0. The molecular weight excluding hydrogens is 445 g/mol. The fraction of sp³-hybridized carbons (Fsp3) is 0.632. The number of guanidine groups is 1. The van der Waals surface area contributed by atoms with E-state index in [0.29, 0.717) is 6.54 Å². The second kappa shape index (κ2) is 16.0. The third-order valence-corrected chi connectivity index (χ3v) is 3.64. The van der Waals surface area contributed by atoms with Gasteiger partial charge in [0.1, 0.15) is 0 Å². The van der Waals surface area contributed by atoms with Crippen LogP contribution in [0.1, 0.15) is 38.7 Å². The van der Waals surface area contributed by atoms with Crippen LogP contribution in [-0.4, -0.2) is 46.5 Å². The molecule has 0 aliphatic carbocycles. The van der Waals surface area contributed by atoms with Crippen molar-refractivity contribution in [3.63, 3.8) is 0 Å². The lowest BCUT2D eigenvalue weighted by atomic mass is 10.2. The zero-order valence-corrected chi connectivity index (χ0v) is 18.8. The van der Waals surface area contributed by atoms with Crippen molar-refractivity contribution in [1.82, 2.24) is 10.6 Å². The van der Waals surface area contributed by atoms with Gasteiger partial charge in [0.15, 0.2) is 17.5 Å². The second-order valence-corrected chi connectivity index (χ2v) is 5.59. The molecule has 150 valence electrons. The number of hydrogen-bond acceptors (Lipinski definition) is 4. The van der Waals surface area contributed by atoms with Gasteiger partial charge in [0.25, 0.3) is 0 Å². The third kappa shape index (κ3) is 9.47. The van der Waals surface area contributed by atoms with Crippen molar-refractivity contribution in [3.8, 4) is 11.5 Å². The number of para-hydroxylation sites is 1. The molecule has 0 radical (unpaired) electrons. The minimum atomic E-state index is 0. The Labute approximate surface area is 175 Å². The number of rotatable bonds is 12. The fourth-order valence-electron chi connectivity index (χ4n) is 2.31. The van der Waals surface area contributed by atoms with Crippen molar-refractivity contribution >= 4 is 29.9 Å². The van der Waals surface area contributed by atoms with Gasteiger partial charge in [-0.2, -0.15) is 0 Å². The lowest BCUT2D eigenvalue weighted by molar-refractivity contribution is 0.129. The van der Waals surface area contributed by atoms with Crippen LogP contribution in [0.2, 0.25) is 0 Å². The maximum atomic E-state index is 5.57. The standard InChI is InChI=1S/C19H33N3O3.HI/c1-5-7-13-25-14-9-12-21-19(20-6-2)22-15-16-10-8-11-17(23-3)18(16)24-4;/h8,10-11H,5-7,9,12-15H2,1-4H3,(H2,20,21,22);1H. The first-order valence-corrected chi connectivity index (χ1v) is 9.06. The van der Waals surface area contributed by atoms with E-state index in [2.05, 4.69) is 29.5 Å². The van der Waals surface area contributed by atoms with Crippen molar-refractivity contribution in [2.75, 3.05) is 40.5 Å². The summed E-state index contributed by atoms with van der Waals surface area (Å²) in [6, 6.07) is 5.82. The highest BCUT2D eigenvalue weighted by atomic mass is 127. The highest BCUT2D eigenvalue weighted by Gasteiger charge is 2.09. The summed E-state index contributed by atoms with van der Waals surface area (Å²) in [6.45, 7) is 8.00. The van der Waals surface area contributed by atoms with Crippen molar-refractivity contribution < 1.29 is 14.2 Å². The minimum Gasteiger partial charge on any atom is -0.493 e. The molecule has 1 aromatic carbocycles. The summed E-state index contributed by atoms with van der Waals surface area (Å²) in [7, 11) is 3.28. The maximum absolute atomic E-state index is 5.57. The number of hydrogen-bond donors (Lipinski definition) is 2. The number of halogens is 1. The van der Waals surface area contributed by atoms with Gasteiger partial charge in [0, 0.05) is 31.9 Å². The van der Waals surface area contributed by atoms with Crippen LogP contribution in [0.25, 0.3) is 0 Å². The summed E-state index contributed by atoms with van der Waals surface area (Å²) >= 11 is 0. The van der Waals surface area contributed by atoms with Crippen molar-refractivity contribution in [2.45, 2.75) is 39.7 Å². The molecule has 0 unspecified atom stereocenters. The lowest BCUT2D eigenvalue weighted by Gasteiger charge is -2.13. The van der Waals surface area contributed by atoms with E-state index >= 15 is 0 Å². The Kier molecular flexibility index (Phi) is 15.2. The number of nitrogens with zero attached hydrogens (tertiary/aromatic N) is 1. The highest BCUT2D eigenvalue weighted by Crippen LogP contribution is 2.30. The van der Waals surface area contributed by atoms with E-state index in [9.17, 15) is 0 Å². The SMILES string of the molecule is CCCCOCCCNC(=NCc1cccc(OC)c1OC)NCC.I. The number of methoxy groups -OCH3 is 2. The van der Waals surface area contributed by atoms with Crippen LogP contribution in [-0.2, 0) is 11.3 Å². The summed E-state index contributed by atoms with van der Waals surface area (Å²) in [5.74, 6) is 2.24. The number of benzene rings is 1. The van der Waals surface area contributed by atoms with Crippen LogP contribution in [0, 0.1) is 0 Å². The van der Waals surface area contributed by atoms with Crippen LogP contribution < -0.4 is 20.1 Å². The van der Waals surface area contributed by atoms with Gasteiger partial charge in [0.2, 0.25) is 0 Å². The first kappa shape index (κ1) is 24.8. The molecule has 1 rings (SSSR count). The molecule has 0 amide bonds. The predicted molar refractivity (Wildman–Crippen MR) is 118 cm³/mol. The minimum absolute atomic E-state index is 0. The van der Waals surface area contributed by atoms with Crippen LogP contribution >= 0.6 is 24.0 Å². The molecule has 0 spiro atoms. The quantitative estimate of drug-likeness (QED) is 0.208. The Morgan fingerprint density at radius 3 is 2.46 bits per heavy atom. The Morgan fingerprint density at radius 1 is 1.04 bits per heavy atom. The van der Waals surface area contributed by atoms with Gasteiger partial charge in [-0.05, 0) is 25.8 Å². The number of nitrogens with one attached hydrogen (secondary N) is 2. The van der Waals surface area contributed by atoms with E-state index in [1.807, 2.05) is 18.2 Å². The molecule has 0 bridgehead atoms. The van der Waals surface area contributed by atoms with Crippen LogP contribution in [0.4, 0.5) is 0 Å². The van der Waals surface area contributed by atoms with Crippen LogP contribution in [0.3, 0.4) is 0 Å². The molecule has 0 heterocycles. The predicted octanol–water partition coefficient (Wildman–Crippen LogP) is 3.58. The normalized spacial score (nSPS) is 10.8. The summed E-state index contributed by atoms with van der Waals surface area (Å²) < 4.78 is 16.4. The molecular formula is C19H34IN3O3. The van der Waals surface area contributed by atoms with Gasteiger partial charge >= 0.3 is 0 Å². The summed E-state index contributed by atoms with van der Waals surface area (Å²) in [5, 5.41) is 6.59. The van der Waals surface area contributed by atoms with Gasteiger partial charge in [-0.15, -0.1) is 24.0 Å². The molecule has 6 nitrogen and oxygen atoms in total. The molecule has 0 aliphatic rings. The summed E-state index contributed by atoms with van der Waals surface area (Å²) in [4.78, 5) is 4.63. The molecule has 26 heavy (non-hydrogen) atoms.